The number of azo groups is 1. The first kappa shape index (κ1) is 16.8. The van der Waals surface area contributed by atoms with Crippen LogP contribution in [0.1, 0.15) is 36.1 Å². The second-order valence-corrected chi connectivity index (χ2v) is 8.77. The number of benzene rings is 1. The Morgan fingerprint density at radius 1 is 1.30 bits per heavy atom. The van der Waals surface area contributed by atoms with E-state index in [0.717, 1.165) is 32.0 Å². The third-order valence-electron chi connectivity index (χ3n) is 5.07. The fourth-order valence-electron chi connectivity index (χ4n) is 3.76. The predicted octanol–water partition coefficient (Wildman–Crippen LogP) is 6.50. The molecule has 1 atom stereocenters. The first-order chi connectivity index (χ1) is 13.1. The van der Waals surface area contributed by atoms with E-state index in [-0.39, 0.29) is 5.88 Å². The van der Waals surface area contributed by atoms with Crippen molar-refractivity contribution in [1.29, 1.82) is 0 Å². The maximum absolute atomic E-state index is 10.2. The molecule has 2 N–H and O–H groups in total. The number of aromatic amines is 1. The SMILES string of the molecule is CC1CCCc2c1sc1ncnc(N=Nc3c(O)[nH]c4ccc(Br)cc34)c21. The van der Waals surface area contributed by atoms with Crippen molar-refractivity contribution < 1.29 is 5.11 Å². The highest BCUT2D eigenvalue weighted by atomic mass is 79.9. The summed E-state index contributed by atoms with van der Waals surface area (Å²) < 4.78 is 0.913. The second kappa shape index (κ2) is 6.38. The highest BCUT2D eigenvalue weighted by Crippen LogP contribution is 2.44. The van der Waals surface area contributed by atoms with E-state index in [0.29, 0.717) is 17.4 Å². The Hall–Kier alpha value is -2.32. The lowest BCUT2D eigenvalue weighted by molar-refractivity contribution is 0.459. The molecular formula is C19H16BrN5OS. The summed E-state index contributed by atoms with van der Waals surface area (Å²) >= 11 is 5.20. The zero-order valence-corrected chi connectivity index (χ0v) is 16.9. The maximum atomic E-state index is 10.2. The summed E-state index contributed by atoms with van der Waals surface area (Å²) in [7, 11) is 0. The van der Waals surface area contributed by atoms with Gasteiger partial charge in [0.15, 0.2) is 11.5 Å². The van der Waals surface area contributed by atoms with Crippen molar-refractivity contribution in [1.82, 2.24) is 15.0 Å². The molecule has 1 aliphatic rings. The number of H-pyrrole nitrogens is 1. The number of aryl methyl sites for hydroxylation is 1. The zero-order valence-electron chi connectivity index (χ0n) is 14.5. The van der Waals surface area contributed by atoms with Gasteiger partial charge in [0.2, 0.25) is 5.88 Å². The Morgan fingerprint density at radius 2 is 2.19 bits per heavy atom. The molecule has 6 nitrogen and oxygen atoms in total. The van der Waals surface area contributed by atoms with Gasteiger partial charge in [-0.05, 0) is 48.9 Å². The van der Waals surface area contributed by atoms with Gasteiger partial charge < -0.3 is 10.1 Å². The normalized spacial score (nSPS) is 17.2. The second-order valence-electron chi connectivity index (χ2n) is 6.83. The summed E-state index contributed by atoms with van der Waals surface area (Å²) in [5, 5.41) is 20.8. The maximum Gasteiger partial charge on any atom is 0.218 e. The summed E-state index contributed by atoms with van der Waals surface area (Å²) in [5.74, 6) is 1.11. The van der Waals surface area contributed by atoms with E-state index in [9.17, 15) is 5.11 Å². The van der Waals surface area contributed by atoms with E-state index in [1.807, 2.05) is 18.2 Å². The number of nitrogens with one attached hydrogen (secondary N) is 1. The van der Waals surface area contributed by atoms with Gasteiger partial charge in [0.05, 0.1) is 10.9 Å². The van der Waals surface area contributed by atoms with E-state index in [1.165, 1.54) is 29.6 Å². The Kier molecular flexibility index (Phi) is 3.98. The number of hydrogen-bond acceptors (Lipinski definition) is 6. The lowest BCUT2D eigenvalue weighted by Gasteiger charge is -2.17. The van der Waals surface area contributed by atoms with Gasteiger partial charge in [-0.1, -0.05) is 22.9 Å². The summed E-state index contributed by atoms with van der Waals surface area (Å²) in [6.45, 7) is 2.27. The Labute approximate surface area is 167 Å². The fraction of sp³-hybridized carbons (Fsp3) is 0.263. The Morgan fingerprint density at radius 3 is 3.07 bits per heavy atom. The lowest BCUT2D eigenvalue weighted by Crippen LogP contribution is -2.03. The highest BCUT2D eigenvalue weighted by molar-refractivity contribution is 9.10. The zero-order chi connectivity index (χ0) is 18.5. The first-order valence-electron chi connectivity index (χ1n) is 8.80. The molecule has 0 aliphatic heterocycles. The molecule has 136 valence electrons. The van der Waals surface area contributed by atoms with Crippen LogP contribution in [0.3, 0.4) is 0 Å². The molecule has 27 heavy (non-hydrogen) atoms. The first-order valence-corrected chi connectivity index (χ1v) is 10.4. The molecule has 0 bridgehead atoms. The molecule has 1 unspecified atom stereocenters. The molecule has 5 rings (SSSR count). The average molecular weight is 442 g/mol. The minimum absolute atomic E-state index is 0.00174. The minimum Gasteiger partial charge on any atom is -0.493 e. The van der Waals surface area contributed by atoms with Crippen LogP contribution < -0.4 is 0 Å². The van der Waals surface area contributed by atoms with Gasteiger partial charge in [0, 0.05) is 14.7 Å². The molecule has 8 heteroatoms. The topological polar surface area (TPSA) is 86.5 Å². The number of thiophene rings is 1. The van der Waals surface area contributed by atoms with E-state index in [4.69, 9.17) is 0 Å². The molecule has 0 spiro atoms. The highest BCUT2D eigenvalue weighted by Gasteiger charge is 2.24. The van der Waals surface area contributed by atoms with Gasteiger partial charge in [0.25, 0.3) is 0 Å². The molecule has 1 aliphatic carbocycles. The molecule has 4 aromatic rings. The number of nitrogens with zero attached hydrogens (tertiary/aromatic N) is 4. The number of halogens is 1. The fourth-order valence-corrected chi connectivity index (χ4v) is 5.40. The van der Waals surface area contributed by atoms with Crippen LogP contribution in [0.2, 0.25) is 0 Å². The van der Waals surface area contributed by atoms with E-state index in [1.54, 1.807) is 11.3 Å². The molecule has 0 radical (unpaired) electrons. The van der Waals surface area contributed by atoms with Crippen molar-refractivity contribution in [2.45, 2.75) is 32.1 Å². The number of aromatic hydroxyl groups is 1. The quantitative estimate of drug-likeness (QED) is 0.348. The molecule has 0 amide bonds. The summed E-state index contributed by atoms with van der Waals surface area (Å²) in [6.07, 6.45) is 4.95. The van der Waals surface area contributed by atoms with Crippen LogP contribution in [0.5, 0.6) is 5.88 Å². The molecule has 0 fully saturated rings. The molecule has 0 saturated heterocycles. The standard InChI is InChI=1S/C19H16BrN5OS/c1-9-3-2-4-11-14-17(21-8-22-19(14)27-16(9)11)25-24-15-12-7-10(20)5-6-13(12)23-18(15)26/h5-9,23,26H,2-4H2,1H3. The van der Waals surface area contributed by atoms with Crippen molar-refractivity contribution in [3.63, 3.8) is 0 Å². The van der Waals surface area contributed by atoms with Gasteiger partial charge in [-0.3, -0.25) is 0 Å². The minimum atomic E-state index is -0.00174. The smallest absolute Gasteiger partial charge is 0.218 e. The van der Waals surface area contributed by atoms with Gasteiger partial charge in [-0.25, -0.2) is 9.97 Å². The Bertz CT molecular complexity index is 1210. The van der Waals surface area contributed by atoms with Crippen molar-refractivity contribution in [2.75, 3.05) is 0 Å². The van der Waals surface area contributed by atoms with Crippen LogP contribution in [0.4, 0.5) is 11.5 Å². The lowest BCUT2D eigenvalue weighted by atomic mass is 9.89. The number of aromatic nitrogens is 3. The predicted molar refractivity (Wildman–Crippen MR) is 111 cm³/mol. The Balaban J connectivity index is 1.65. The largest absolute Gasteiger partial charge is 0.493 e. The van der Waals surface area contributed by atoms with Crippen molar-refractivity contribution in [3.8, 4) is 5.88 Å². The van der Waals surface area contributed by atoms with E-state index < -0.39 is 0 Å². The van der Waals surface area contributed by atoms with Crippen LogP contribution in [0.25, 0.3) is 21.1 Å². The third kappa shape index (κ3) is 2.74. The van der Waals surface area contributed by atoms with Crippen LogP contribution in [-0.4, -0.2) is 20.1 Å². The number of rotatable bonds is 2. The van der Waals surface area contributed by atoms with E-state index in [2.05, 4.69) is 48.0 Å². The molecule has 0 saturated carbocycles. The van der Waals surface area contributed by atoms with Crippen molar-refractivity contribution in [2.24, 2.45) is 10.2 Å². The summed E-state index contributed by atoms with van der Waals surface area (Å²) in [4.78, 5) is 14.1. The number of hydrogen-bond donors (Lipinski definition) is 2. The molecule has 3 aromatic heterocycles. The van der Waals surface area contributed by atoms with Crippen LogP contribution in [0.15, 0.2) is 39.2 Å². The summed E-state index contributed by atoms with van der Waals surface area (Å²) in [6, 6.07) is 5.70. The molecule has 3 heterocycles. The molecular weight excluding hydrogens is 426 g/mol. The third-order valence-corrected chi connectivity index (χ3v) is 6.93. The van der Waals surface area contributed by atoms with Gasteiger partial charge in [-0.15, -0.1) is 21.6 Å². The van der Waals surface area contributed by atoms with Gasteiger partial charge in [-0.2, -0.15) is 0 Å². The van der Waals surface area contributed by atoms with Crippen molar-refractivity contribution in [3.05, 3.63) is 39.4 Å². The number of fused-ring (bicyclic) bond motifs is 4. The van der Waals surface area contributed by atoms with Crippen LogP contribution in [-0.2, 0) is 6.42 Å². The molecule has 1 aromatic carbocycles. The average Bonchev–Trinajstić information content (AvgIpc) is 3.18. The van der Waals surface area contributed by atoms with Crippen molar-refractivity contribution >= 4 is 59.9 Å². The van der Waals surface area contributed by atoms with Gasteiger partial charge in [0.1, 0.15) is 11.2 Å². The van der Waals surface area contributed by atoms with E-state index >= 15 is 0 Å². The van der Waals surface area contributed by atoms with Gasteiger partial charge >= 0.3 is 0 Å². The monoisotopic (exact) mass is 441 g/mol. The van der Waals surface area contributed by atoms with Crippen LogP contribution >= 0.6 is 27.3 Å². The van der Waals surface area contributed by atoms with Crippen LogP contribution in [0, 0.1) is 0 Å². The summed E-state index contributed by atoms with van der Waals surface area (Å²) in [5.41, 5.74) is 2.53.